The van der Waals surface area contributed by atoms with E-state index in [2.05, 4.69) is 17.2 Å². The zero-order valence-electron chi connectivity index (χ0n) is 10.9. The Balaban J connectivity index is 2.57. The largest absolute Gasteiger partial charge is 0.389 e. The molecule has 0 aromatic heterocycles. The van der Waals surface area contributed by atoms with E-state index in [1.807, 2.05) is 0 Å². The van der Waals surface area contributed by atoms with Crippen LogP contribution in [0.4, 0.5) is 13.2 Å². The number of nitrogens with one attached hydrogen (secondary N) is 1. The van der Waals surface area contributed by atoms with Gasteiger partial charge in [0.15, 0.2) is 0 Å². The molecule has 0 saturated heterocycles. The molecule has 3 nitrogen and oxygen atoms in total. The first-order chi connectivity index (χ1) is 9.83. The normalized spacial score (nSPS) is 10.7. The van der Waals surface area contributed by atoms with Crippen molar-refractivity contribution < 1.29 is 23.1 Å². The third kappa shape index (κ3) is 6.52. The Morgan fingerprint density at radius 2 is 2.10 bits per heavy atom. The Kier molecular flexibility index (Phi) is 6.53. The van der Waals surface area contributed by atoms with Crippen LogP contribution in [0.15, 0.2) is 18.2 Å². The molecule has 0 aliphatic rings. The van der Waals surface area contributed by atoms with Gasteiger partial charge in [-0.25, -0.2) is 0 Å². The number of benzene rings is 1. The first-order valence-electron chi connectivity index (χ1n) is 6.07. The molecule has 0 aliphatic carbocycles. The van der Waals surface area contributed by atoms with Gasteiger partial charge in [-0.15, -0.1) is 0 Å². The zero-order valence-corrected chi connectivity index (χ0v) is 11.7. The van der Waals surface area contributed by atoms with Crippen molar-refractivity contribution in [2.24, 2.45) is 0 Å². The van der Waals surface area contributed by atoms with Gasteiger partial charge in [0, 0.05) is 24.1 Å². The van der Waals surface area contributed by atoms with Crippen LogP contribution in [0.1, 0.15) is 28.8 Å². The number of aliphatic hydroxyl groups excluding tert-OH is 1. The van der Waals surface area contributed by atoms with E-state index in [1.165, 1.54) is 18.2 Å². The summed E-state index contributed by atoms with van der Waals surface area (Å²) in [6, 6.07) is 4.35. The number of carbonyl (C=O) groups is 1. The van der Waals surface area contributed by atoms with Gasteiger partial charge in [0.25, 0.3) is 5.91 Å². The van der Waals surface area contributed by atoms with Gasteiger partial charge in [0.05, 0.1) is 5.02 Å². The number of aliphatic hydroxyl groups is 1. The minimum absolute atomic E-state index is 0.0674. The lowest BCUT2D eigenvalue weighted by Crippen LogP contribution is -2.25. The fraction of sp³-hybridized carbons (Fsp3) is 0.357. The van der Waals surface area contributed by atoms with Crippen LogP contribution < -0.4 is 5.32 Å². The van der Waals surface area contributed by atoms with E-state index in [0.717, 1.165) is 0 Å². The number of halogens is 4. The molecule has 0 bridgehead atoms. The topological polar surface area (TPSA) is 49.3 Å². The molecule has 0 saturated carbocycles. The summed E-state index contributed by atoms with van der Waals surface area (Å²) in [5.74, 6) is 4.53. The molecule has 0 radical (unpaired) electrons. The van der Waals surface area contributed by atoms with Crippen LogP contribution >= 0.6 is 11.6 Å². The second-order valence-electron chi connectivity index (χ2n) is 4.13. The number of carbonyl (C=O) groups excluding carboxylic acids is 1. The van der Waals surface area contributed by atoms with Gasteiger partial charge in [0.2, 0.25) is 0 Å². The van der Waals surface area contributed by atoms with E-state index < -0.39 is 18.5 Å². The Hall–Kier alpha value is -1.71. The molecule has 1 rings (SSSR count). The number of hydrogen-bond donors (Lipinski definition) is 2. The number of amides is 1. The summed E-state index contributed by atoms with van der Waals surface area (Å²) in [6.45, 7) is -0.375. The summed E-state index contributed by atoms with van der Waals surface area (Å²) in [5.41, 5.74) is 0.695. The van der Waals surface area contributed by atoms with Gasteiger partial charge < -0.3 is 10.4 Å². The molecule has 21 heavy (non-hydrogen) atoms. The average Bonchev–Trinajstić information content (AvgIpc) is 2.41. The van der Waals surface area contributed by atoms with Crippen LogP contribution in [0.2, 0.25) is 5.02 Å². The fourth-order valence-corrected chi connectivity index (χ4v) is 1.71. The Morgan fingerprint density at radius 3 is 2.67 bits per heavy atom. The highest BCUT2D eigenvalue weighted by Gasteiger charge is 2.26. The Bertz CT molecular complexity index is 562. The number of rotatable bonds is 4. The van der Waals surface area contributed by atoms with Crippen molar-refractivity contribution in [3.63, 3.8) is 0 Å². The van der Waals surface area contributed by atoms with Crippen LogP contribution in [0.25, 0.3) is 0 Å². The van der Waals surface area contributed by atoms with Crippen LogP contribution in [-0.2, 0) is 0 Å². The van der Waals surface area contributed by atoms with Crippen LogP contribution in [0, 0.1) is 11.8 Å². The van der Waals surface area contributed by atoms with Gasteiger partial charge in [-0.3, -0.25) is 4.79 Å². The maximum Gasteiger partial charge on any atom is 0.389 e. The van der Waals surface area contributed by atoms with Crippen LogP contribution in [-0.4, -0.2) is 30.3 Å². The highest BCUT2D eigenvalue weighted by molar-refractivity contribution is 6.32. The van der Waals surface area contributed by atoms with Gasteiger partial charge in [-0.1, -0.05) is 23.4 Å². The van der Waals surface area contributed by atoms with Gasteiger partial charge in [0.1, 0.15) is 6.61 Å². The molecule has 0 heterocycles. The second kappa shape index (κ2) is 7.91. The molecule has 1 aromatic carbocycles. The minimum atomic E-state index is -4.22. The van der Waals surface area contributed by atoms with Crippen molar-refractivity contribution in [3.8, 4) is 11.8 Å². The third-order valence-electron chi connectivity index (χ3n) is 2.46. The third-order valence-corrected chi connectivity index (χ3v) is 2.77. The molecule has 2 N–H and O–H groups in total. The predicted molar refractivity (Wildman–Crippen MR) is 73.0 cm³/mol. The van der Waals surface area contributed by atoms with Crippen molar-refractivity contribution in [1.29, 1.82) is 0 Å². The van der Waals surface area contributed by atoms with E-state index >= 15 is 0 Å². The molecule has 0 unspecified atom stereocenters. The highest BCUT2D eigenvalue weighted by Crippen LogP contribution is 2.21. The van der Waals surface area contributed by atoms with Crippen LogP contribution in [0.3, 0.4) is 0 Å². The van der Waals surface area contributed by atoms with Crippen molar-refractivity contribution in [1.82, 2.24) is 5.32 Å². The van der Waals surface area contributed by atoms with E-state index in [9.17, 15) is 18.0 Å². The molecular formula is C14H13ClF3NO2. The monoisotopic (exact) mass is 319 g/mol. The molecule has 0 spiro atoms. The van der Waals surface area contributed by atoms with E-state index in [-0.39, 0.29) is 30.2 Å². The molecular weight excluding hydrogens is 307 g/mol. The summed E-state index contributed by atoms with van der Waals surface area (Å²) in [6.07, 6.45) is -5.34. The summed E-state index contributed by atoms with van der Waals surface area (Å²) >= 11 is 5.92. The lowest BCUT2D eigenvalue weighted by Gasteiger charge is -2.08. The molecule has 1 aromatic rings. The molecule has 7 heteroatoms. The summed E-state index contributed by atoms with van der Waals surface area (Å²) in [7, 11) is 0. The first-order valence-corrected chi connectivity index (χ1v) is 6.45. The van der Waals surface area contributed by atoms with Gasteiger partial charge in [-0.05, 0) is 24.6 Å². The lowest BCUT2D eigenvalue weighted by molar-refractivity contribution is -0.135. The number of alkyl halides is 3. The zero-order chi connectivity index (χ0) is 15.9. The quantitative estimate of drug-likeness (QED) is 0.662. The SMILES string of the molecule is O=C(NCCCC(F)(F)F)c1ccc(C#CCO)c(Cl)c1. The first kappa shape index (κ1) is 17.3. The molecule has 0 fully saturated rings. The van der Waals surface area contributed by atoms with Gasteiger partial charge >= 0.3 is 6.18 Å². The van der Waals surface area contributed by atoms with E-state index in [4.69, 9.17) is 16.7 Å². The average molecular weight is 320 g/mol. The Labute approximate surface area is 125 Å². The van der Waals surface area contributed by atoms with Crippen molar-refractivity contribution in [3.05, 3.63) is 34.3 Å². The smallest absolute Gasteiger partial charge is 0.384 e. The van der Waals surface area contributed by atoms with E-state index in [0.29, 0.717) is 5.56 Å². The summed E-state index contributed by atoms with van der Waals surface area (Å²) < 4.78 is 35.8. The molecule has 0 aliphatic heterocycles. The standard InChI is InChI=1S/C14H13ClF3NO2/c15-12-9-11(5-4-10(12)3-1-8-20)13(21)19-7-2-6-14(16,17)18/h4-5,9,20H,2,6-8H2,(H,19,21). The molecule has 114 valence electrons. The highest BCUT2D eigenvalue weighted by atomic mass is 35.5. The lowest BCUT2D eigenvalue weighted by atomic mass is 10.1. The second-order valence-corrected chi connectivity index (χ2v) is 4.54. The van der Waals surface area contributed by atoms with E-state index in [1.54, 1.807) is 0 Å². The number of hydrogen-bond acceptors (Lipinski definition) is 2. The predicted octanol–water partition coefficient (Wildman–Crippen LogP) is 2.76. The maximum absolute atomic E-state index is 11.9. The molecule has 0 atom stereocenters. The summed E-state index contributed by atoms with van der Waals surface area (Å²) in [5, 5.41) is 11.2. The summed E-state index contributed by atoms with van der Waals surface area (Å²) in [4.78, 5) is 11.7. The van der Waals surface area contributed by atoms with Crippen molar-refractivity contribution in [2.75, 3.05) is 13.2 Å². The molecule has 1 amide bonds. The van der Waals surface area contributed by atoms with Crippen LogP contribution in [0.5, 0.6) is 0 Å². The Morgan fingerprint density at radius 1 is 1.38 bits per heavy atom. The minimum Gasteiger partial charge on any atom is -0.384 e. The fourth-order valence-electron chi connectivity index (χ4n) is 1.49. The maximum atomic E-state index is 11.9. The van der Waals surface area contributed by atoms with Crippen molar-refractivity contribution >= 4 is 17.5 Å². The van der Waals surface area contributed by atoms with Crippen molar-refractivity contribution in [2.45, 2.75) is 19.0 Å². The van der Waals surface area contributed by atoms with Gasteiger partial charge in [-0.2, -0.15) is 13.2 Å².